The molecule has 2 rings (SSSR count). The van der Waals surface area contributed by atoms with Gasteiger partial charge in [-0.15, -0.1) is 24.0 Å². The van der Waals surface area contributed by atoms with Crippen LogP contribution in [-0.4, -0.2) is 71.7 Å². The molecule has 0 bridgehead atoms. The largest absolute Gasteiger partial charge is 0.357 e. The molecule has 2 heterocycles. The number of rotatable bonds is 5. The second kappa shape index (κ2) is 10.6. The van der Waals surface area contributed by atoms with Crippen LogP contribution in [0.2, 0.25) is 0 Å². The zero-order chi connectivity index (χ0) is 20.0. The SMILES string of the molecule is CCNC(=NCCNC(=O)C(C)(C)C)N1CCN(c2cnn(C)c2)C(=O)C1.I. The van der Waals surface area contributed by atoms with E-state index in [9.17, 15) is 9.59 Å². The molecule has 1 fully saturated rings. The molecule has 0 aliphatic carbocycles. The molecule has 0 unspecified atom stereocenters. The fourth-order valence-corrected chi connectivity index (χ4v) is 2.70. The molecular weight excluding hydrogens is 473 g/mol. The van der Waals surface area contributed by atoms with Gasteiger partial charge in [0.15, 0.2) is 5.96 Å². The third-order valence-corrected chi connectivity index (χ3v) is 4.20. The van der Waals surface area contributed by atoms with E-state index in [2.05, 4.69) is 20.7 Å². The minimum Gasteiger partial charge on any atom is -0.357 e. The van der Waals surface area contributed by atoms with Crippen LogP contribution in [-0.2, 0) is 16.6 Å². The number of hydrogen-bond acceptors (Lipinski definition) is 4. The van der Waals surface area contributed by atoms with Gasteiger partial charge in [0.05, 0.1) is 18.4 Å². The summed E-state index contributed by atoms with van der Waals surface area (Å²) in [6, 6.07) is 0. The Morgan fingerprint density at radius 1 is 1.29 bits per heavy atom. The topological polar surface area (TPSA) is 94.9 Å². The van der Waals surface area contributed by atoms with Crippen LogP contribution in [0.15, 0.2) is 17.4 Å². The highest BCUT2D eigenvalue weighted by Gasteiger charge is 2.27. The van der Waals surface area contributed by atoms with Gasteiger partial charge in [-0.1, -0.05) is 20.8 Å². The summed E-state index contributed by atoms with van der Waals surface area (Å²) in [7, 11) is 1.83. The highest BCUT2D eigenvalue weighted by molar-refractivity contribution is 14.0. The van der Waals surface area contributed by atoms with Crippen molar-refractivity contribution < 1.29 is 9.59 Å². The van der Waals surface area contributed by atoms with E-state index in [-0.39, 0.29) is 42.3 Å². The van der Waals surface area contributed by atoms with E-state index in [0.717, 1.165) is 5.69 Å². The van der Waals surface area contributed by atoms with Gasteiger partial charge in [-0.3, -0.25) is 19.3 Å². The summed E-state index contributed by atoms with van der Waals surface area (Å²) in [6.45, 7) is 10.8. The van der Waals surface area contributed by atoms with Gasteiger partial charge in [0, 0.05) is 44.8 Å². The molecule has 1 aliphatic rings. The molecule has 1 saturated heterocycles. The number of halogens is 1. The summed E-state index contributed by atoms with van der Waals surface area (Å²) < 4.78 is 1.69. The van der Waals surface area contributed by atoms with Crippen molar-refractivity contribution in [2.75, 3.05) is 44.2 Å². The zero-order valence-corrected chi connectivity index (χ0v) is 19.7. The van der Waals surface area contributed by atoms with Crippen molar-refractivity contribution in [2.24, 2.45) is 17.5 Å². The number of guanidine groups is 1. The van der Waals surface area contributed by atoms with Crippen molar-refractivity contribution in [1.82, 2.24) is 25.3 Å². The van der Waals surface area contributed by atoms with Gasteiger partial charge < -0.3 is 20.4 Å². The number of aryl methyl sites for hydroxylation is 1. The number of amides is 2. The van der Waals surface area contributed by atoms with Crippen molar-refractivity contribution in [1.29, 1.82) is 0 Å². The number of nitrogens with zero attached hydrogens (tertiary/aromatic N) is 5. The number of aliphatic imine (C=N–C) groups is 1. The Morgan fingerprint density at radius 3 is 2.54 bits per heavy atom. The van der Waals surface area contributed by atoms with E-state index < -0.39 is 5.41 Å². The first-order valence-electron chi connectivity index (χ1n) is 9.33. The number of nitrogens with one attached hydrogen (secondary N) is 2. The standard InChI is InChI=1S/C18H31N7O2.HI/c1-6-19-17(21-8-7-20-16(27)18(2,3)4)24-9-10-25(15(26)13-24)14-11-22-23(5)12-14;/h11-12H,6-10,13H2,1-5H3,(H,19,21)(H,20,27);1H. The molecule has 0 radical (unpaired) electrons. The third-order valence-electron chi connectivity index (χ3n) is 4.20. The molecule has 9 nitrogen and oxygen atoms in total. The summed E-state index contributed by atoms with van der Waals surface area (Å²) in [5.41, 5.74) is 0.400. The maximum absolute atomic E-state index is 12.6. The molecule has 2 N–H and O–H groups in total. The lowest BCUT2D eigenvalue weighted by molar-refractivity contribution is -0.128. The van der Waals surface area contributed by atoms with Crippen LogP contribution in [0.3, 0.4) is 0 Å². The minimum atomic E-state index is -0.413. The lowest BCUT2D eigenvalue weighted by Crippen LogP contribution is -2.55. The van der Waals surface area contributed by atoms with Crippen LogP contribution in [0.1, 0.15) is 27.7 Å². The molecule has 158 valence electrons. The highest BCUT2D eigenvalue weighted by Crippen LogP contribution is 2.16. The first kappa shape index (κ1) is 24.2. The Kier molecular flexibility index (Phi) is 9.18. The Bertz CT molecular complexity index is 696. The molecule has 0 atom stereocenters. The Hall–Kier alpha value is -1.85. The van der Waals surface area contributed by atoms with Crippen LogP contribution in [0, 0.1) is 5.41 Å². The molecule has 10 heteroatoms. The molecule has 2 amide bonds. The van der Waals surface area contributed by atoms with Gasteiger partial charge in [0.1, 0.15) is 6.54 Å². The van der Waals surface area contributed by atoms with E-state index in [1.165, 1.54) is 0 Å². The first-order valence-corrected chi connectivity index (χ1v) is 9.33. The lowest BCUT2D eigenvalue weighted by atomic mass is 9.96. The van der Waals surface area contributed by atoms with Crippen molar-refractivity contribution in [3.8, 4) is 0 Å². The molecule has 0 aromatic carbocycles. The first-order chi connectivity index (χ1) is 12.7. The maximum atomic E-state index is 12.6. The summed E-state index contributed by atoms with van der Waals surface area (Å²) in [5, 5.41) is 10.2. The molecular formula is C18H32IN7O2. The van der Waals surface area contributed by atoms with E-state index in [1.54, 1.807) is 15.8 Å². The van der Waals surface area contributed by atoms with Crippen molar-refractivity contribution >= 4 is 47.4 Å². The number of hydrogen-bond donors (Lipinski definition) is 2. The second-order valence-corrected chi connectivity index (χ2v) is 7.58. The van der Waals surface area contributed by atoms with Crippen LogP contribution in [0.4, 0.5) is 5.69 Å². The van der Waals surface area contributed by atoms with Gasteiger partial charge >= 0.3 is 0 Å². The fourth-order valence-electron chi connectivity index (χ4n) is 2.70. The minimum absolute atomic E-state index is 0. The number of aromatic nitrogens is 2. The summed E-state index contributed by atoms with van der Waals surface area (Å²) >= 11 is 0. The van der Waals surface area contributed by atoms with Gasteiger partial charge in [0.2, 0.25) is 11.8 Å². The average Bonchev–Trinajstić information content (AvgIpc) is 3.02. The summed E-state index contributed by atoms with van der Waals surface area (Å²) in [5.74, 6) is 0.713. The van der Waals surface area contributed by atoms with E-state index >= 15 is 0 Å². The summed E-state index contributed by atoms with van der Waals surface area (Å²) in [4.78, 5) is 32.7. The molecule has 1 aromatic heterocycles. The lowest BCUT2D eigenvalue weighted by Gasteiger charge is -2.35. The predicted octanol–water partition coefficient (Wildman–Crippen LogP) is 0.815. The van der Waals surface area contributed by atoms with Gasteiger partial charge in [-0.05, 0) is 6.92 Å². The van der Waals surface area contributed by atoms with Crippen LogP contribution in [0.5, 0.6) is 0 Å². The van der Waals surface area contributed by atoms with E-state index in [0.29, 0.717) is 38.7 Å². The van der Waals surface area contributed by atoms with Gasteiger partial charge in [-0.25, -0.2) is 0 Å². The molecule has 0 spiro atoms. The van der Waals surface area contributed by atoms with E-state index in [1.807, 2.05) is 45.8 Å². The van der Waals surface area contributed by atoms with Crippen LogP contribution >= 0.6 is 24.0 Å². The van der Waals surface area contributed by atoms with Crippen molar-refractivity contribution in [3.63, 3.8) is 0 Å². The quantitative estimate of drug-likeness (QED) is 0.268. The van der Waals surface area contributed by atoms with Gasteiger partial charge in [0.25, 0.3) is 0 Å². The Labute approximate surface area is 183 Å². The zero-order valence-electron chi connectivity index (χ0n) is 17.4. The average molecular weight is 505 g/mol. The molecule has 28 heavy (non-hydrogen) atoms. The molecule has 1 aliphatic heterocycles. The third kappa shape index (κ3) is 6.64. The molecule has 1 aromatic rings. The Morgan fingerprint density at radius 2 is 2.00 bits per heavy atom. The normalized spacial score (nSPS) is 15.3. The highest BCUT2D eigenvalue weighted by atomic mass is 127. The number of anilines is 1. The number of carbonyl (C=O) groups excluding carboxylic acids is 2. The smallest absolute Gasteiger partial charge is 0.246 e. The molecule has 0 saturated carbocycles. The number of carbonyl (C=O) groups is 2. The number of piperazine rings is 1. The second-order valence-electron chi connectivity index (χ2n) is 7.58. The van der Waals surface area contributed by atoms with Crippen molar-refractivity contribution in [3.05, 3.63) is 12.4 Å². The van der Waals surface area contributed by atoms with Crippen LogP contribution in [0.25, 0.3) is 0 Å². The van der Waals surface area contributed by atoms with Crippen LogP contribution < -0.4 is 15.5 Å². The fraction of sp³-hybridized carbons (Fsp3) is 0.667. The van der Waals surface area contributed by atoms with Gasteiger partial charge in [-0.2, -0.15) is 5.10 Å². The maximum Gasteiger partial charge on any atom is 0.246 e. The predicted molar refractivity (Wildman–Crippen MR) is 121 cm³/mol. The Balaban J connectivity index is 0.00000392. The summed E-state index contributed by atoms with van der Waals surface area (Å²) in [6.07, 6.45) is 3.54. The monoisotopic (exact) mass is 505 g/mol. The van der Waals surface area contributed by atoms with Crippen molar-refractivity contribution in [2.45, 2.75) is 27.7 Å². The van der Waals surface area contributed by atoms with E-state index in [4.69, 9.17) is 0 Å².